The van der Waals surface area contributed by atoms with Crippen molar-refractivity contribution in [2.45, 2.75) is 57.5 Å². The van der Waals surface area contributed by atoms with E-state index in [4.69, 9.17) is 0 Å². The summed E-state index contributed by atoms with van der Waals surface area (Å²) in [5.74, 6) is 3.26. The van der Waals surface area contributed by atoms with Gasteiger partial charge in [-0.1, -0.05) is 12.2 Å². The van der Waals surface area contributed by atoms with Gasteiger partial charge in [-0.3, -0.25) is 9.69 Å². The predicted molar refractivity (Wildman–Crippen MR) is 89.4 cm³/mol. The third kappa shape index (κ3) is 2.22. The number of nitrogens with one attached hydrogen (secondary N) is 1. The highest BCUT2D eigenvalue weighted by Crippen LogP contribution is 2.45. The van der Waals surface area contributed by atoms with Crippen molar-refractivity contribution in [3.05, 3.63) is 39.6 Å². The number of aryl methyl sites for hydroxylation is 1. The van der Waals surface area contributed by atoms with Crippen LogP contribution in [0.2, 0.25) is 0 Å². The number of aromatic amines is 1. The summed E-state index contributed by atoms with van der Waals surface area (Å²) in [6.45, 7) is 3.12. The second kappa shape index (κ2) is 5.04. The largest absolute Gasteiger partial charge is 0.311 e. The van der Waals surface area contributed by atoms with Crippen LogP contribution in [0.15, 0.2) is 16.9 Å². The summed E-state index contributed by atoms with van der Waals surface area (Å²) in [6.07, 6.45) is 12.0. The first-order valence-corrected chi connectivity index (χ1v) is 9.20. The van der Waals surface area contributed by atoms with Crippen molar-refractivity contribution in [3.8, 4) is 0 Å². The topological polar surface area (TPSA) is 49.0 Å². The van der Waals surface area contributed by atoms with Gasteiger partial charge in [0.15, 0.2) is 0 Å². The number of fused-ring (bicyclic) bond motifs is 5. The van der Waals surface area contributed by atoms with Crippen LogP contribution in [0.5, 0.6) is 0 Å². The minimum absolute atomic E-state index is 0.0999. The molecule has 0 radical (unpaired) electrons. The fraction of sp³-hybridized carbons (Fsp3) is 0.684. The third-order valence-corrected chi connectivity index (χ3v) is 6.72. The maximum Gasteiger partial charge on any atom is 0.254 e. The van der Waals surface area contributed by atoms with Gasteiger partial charge >= 0.3 is 0 Å². The lowest BCUT2D eigenvalue weighted by Gasteiger charge is -2.32. The fourth-order valence-electron chi connectivity index (χ4n) is 5.63. The van der Waals surface area contributed by atoms with E-state index in [9.17, 15) is 4.79 Å². The first-order valence-electron chi connectivity index (χ1n) is 9.20. The van der Waals surface area contributed by atoms with Gasteiger partial charge in [0.25, 0.3) is 5.56 Å². The molecule has 2 aliphatic heterocycles. The molecular formula is C19H25N3O. The average Bonchev–Trinajstić information content (AvgIpc) is 3.16. The van der Waals surface area contributed by atoms with Crippen LogP contribution in [-0.4, -0.2) is 33.5 Å². The smallest absolute Gasteiger partial charge is 0.254 e. The van der Waals surface area contributed by atoms with E-state index in [0.717, 1.165) is 47.7 Å². The molecule has 1 aromatic heterocycles. The Morgan fingerprint density at radius 1 is 1.22 bits per heavy atom. The molecule has 23 heavy (non-hydrogen) atoms. The summed E-state index contributed by atoms with van der Waals surface area (Å²) in [6, 6.07) is 1.15. The zero-order chi connectivity index (χ0) is 15.6. The Morgan fingerprint density at radius 2 is 2.04 bits per heavy atom. The van der Waals surface area contributed by atoms with Crippen molar-refractivity contribution in [1.82, 2.24) is 14.9 Å². The maximum absolute atomic E-state index is 12.3. The summed E-state index contributed by atoms with van der Waals surface area (Å²) >= 11 is 0. The molecule has 2 fully saturated rings. The van der Waals surface area contributed by atoms with Gasteiger partial charge in [-0.25, -0.2) is 4.98 Å². The maximum atomic E-state index is 12.3. The van der Waals surface area contributed by atoms with Crippen LogP contribution >= 0.6 is 0 Å². The van der Waals surface area contributed by atoms with Crippen LogP contribution < -0.4 is 5.56 Å². The molecule has 4 nitrogen and oxygen atoms in total. The number of allylic oxidation sites excluding steroid dienone is 2. The highest BCUT2D eigenvalue weighted by Gasteiger charge is 2.42. The molecule has 4 aliphatic rings. The molecule has 4 heteroatoms. The molecule has 0 amide bonds. The summed E-state index contributed by atoms with van der Waals surface area (Å²) in [7, 11) is 0. The Morgan fingerprint density at radius 3 is 2.78 bits per heavy atom. The minimum Gasteiger partial charge on any atom is -0.311 e. The average molecular weight is 311 g/mol. The lowest BCUT2D eigenvalue weighted by atomic mass is 9.92. The molecule has 0 spiro atoms. The van der Waals surface area contributed by atoms with E-state index < -0.39 is 0 Å². The van der Waals surface area contributed by atoms with E-state index in [1.807, 2.05) is 6.92 Å². The molecular weight excluding hydrogens is 286 g/mol. The monoisotopic (exact) mass is 311 g/mol. The van der Waals surface area contributed by atoms with Gasteiger partial charge in [-0.2, -0.15) is 0 Å². The number of nitrogens with zero attached hydrogens (tertiary/aromatic N) is 2. The Bertz CT molecular complexity index is 722. The zero-order valence-corrected chi connectivity index (χ0v) is 13.8. The van der Waals surface area contributed by atoms with Gasteiger partial charge in [-0.05, 0) is 56.8 Å². The summed E-state index contributed by atoms with van der Waals surface area (Å²) in [5.41, 5.74) is 2.12. The van der Waals surface area contributed by atoms with E-state index in [1.165, 1.54) is 32.2 Å². The quantitative estimate of drug-likeness (QED) is 0.852. The summed E-state index contributed by atoms with van der Waals surface area (Å²) < 4.78 is 0. The second-order valence-electron chi connectivity index (χ2n) is 8.11. The second-order valence-corrected chi connectivity index (χ2v) is 8.11. The van der Waals surface area contributed by atoms with E-state index in [-0.39, 0.29) is 5.56 Å². The highest BCUT2D eigenvalue weighted by atomic mass is 16.1. The lowest BCUT2D eigenvalue weighted by Crippen LogP contribution is -2.41. The number of hydrogen-bond acceptors (Lipinski definition) is 3. The van der Waals surface area contributed by atoms with Gasteiger partial charge in [0, 0.05) is 30.6 Å². The number of hydrogen-bond donors (Lipinski definition) is 1. The third-order valence-electron chi connectivity index (χ3n) is 6.72. The first kappa shape index (κ1) is 14.0. The molecule has 1 saturated heterocycles. The molecule has 122 valence electrons. The van der Waals surface area contributed by atoms with Gasteiger partial charge < -0.3 is 4.98 Å². The Labute approximate surface area is 137 Å². The SMILES string of the molecule is Cc1nc2c(c(=O)[nH]1)C[C@H]1CC[C@@H](C2)N1C[C@@H]1C[C@H]2C=C[C@H]1C2. The van der Waals surface area contributed by atoms with Crippen LogP contribution in [0.25, 0.3) is 0 Å². The summed E-state index contributed by atoms with van der Waals surface area (Å²) in [4.78, 5) is 22.7. The Balaban J connectivity index is 1.42. The molecule has 5 atom stereocenters. The molecule has 3 heterocycles. The van der Waals surface area contributed by atoms with Gasteiger partial charge in [0.1, 0.15) is 5.82 Å². The molecule has 0 aromatic carbocycles. The number of H-pyrrole nitrogens is 1. The standard InChI is InChI=1S/C19H25N3O/c1-11-20-18-9-16-5-4-15(8-17(18)19(23)21-11)22(16)10-14-7-12-2-3-13(14)6-12/h2-3,12-16H,4-10H2,1H3,(H,20,21,23)/t12-,13-,14-,15+,16-/m0/s1. The van der Waals surface area contributed by atoms with Crippen LogP contribution in [-0.2, 0) is 12.8 Å². The molecule has 1 saturated carbocycles. The Hall–Kier alpha value is -1.42. The van der Waals surface area contributed by atoms with Gasteiger partial charge in [0.05, 0.1) is 5.69 Å². The van der Waals surface area contributed by atoms with Gasteiger partial charge in [0.2, 0.25) is 0 Å². The van der Waals surface area contributed by atoms with E-state index in [1.54, 1.807) is 0 Å². The number of aromatic nitrogens is 2. The van der Waals surface area contributed by atoms with Crippen molar-refractivity contribution >= 4 is 0 Å². The molecule has 1 N–H and O–H groups in total. The van der Waals surface area contributed by atoms with Crippen molar-refractivity contribution in [2.75, 3.05) is 6.54 Å². The highest BCUT2D eigenvalue weighted by molar-refractivity contribution is 5.24. The van der Waals surface area contributed by atoms with Gasteiger partial charge in [-0.15, -0.1) is 0 Å². The van der Waals surface area contributed by atoms with E-state index in [2.05, 4.69) is 27.0 Å². The molecule has 2 aliphatic carbocycles. The normalized spacial score (nSPS) is 38.0. The predicted octanol–water partition coefficient (Wildman–Crippen LogP) is 2.22. The van der Waals surface area contributed by atoms with Crippen LogP contribution in [0.4, 0.5) is 0 Å². The van der Waals surface area contributed by atoms with Crippen molar-refractivity contribution in [1.29, 1.82) is 0 Å². The van der Waals surface area contributed by atoms with Crippen molar-refractivity contribution in [2.24, 2.45) is 17.8 Å². The molecule has 5 rings (SSSR count). The Kier molecular flexibility index (Phi) is 3.06. The number of rotatable bonds is 2. The zero-order valence-electron chi connectivity index (χ0n) is 13.8. The summed E-state index contributed by atoms with van der Waals surface area (Å²) in [5, 5.41) is 0. The van der Waals surface area contributed by atoms with Crippen LogP contribution in [0.1, 0.15) is 42.8 Å². The lowest BCUT2D eigenvalue weighted by molar-refractivity contribution is 0.154. The van der Waals surface area contributed by atoms with E-state index >= 15 is 0 Å². The molecule has 0 unspecified atom stereocenters. The van der Waals surface area contributed by atoms with Crippen molar-refractivity contribution < 1.29 is 0 Å². The molecule has 1 aromatic rings. The first-order chi connectivity index (χ1) is 11.2. The van der Waals surface area contributed by atoms with Crippen LogP contribution in [0.3, 0.4) is 0 Å². The van der Waals surface area contributed by atoms with Crippen molar-refractivity contribution in [3.63, 3.8) is 0 Å². The minimum atomic E-state index is 0.0999. The molecule has 4 bridgehead atoms. The van der Waals surface area contributed by atoms with E-state index in [0.29, 0.717) is 12.1 Å². The van der Waals surface area contributed by atoms with Crippen LogP contribution in [0, 0.1) is 24.7 Å². The fourth-order valence-corrected chi connectivity index (χ4v) is 5.63.